The van der Waals surface area contributed by atoms with Gasteiger partial charge in [-0.15, -0.1) is 0 Å². The summed E-state index contributed by atoms with van der Waals surface area (Å²) in [5.74, 6) is -0.576. The van der Waals surface area contributed by atoms with Crippen LogP contribution >= 0.6 is 11.6 Å². The van der Waals surface area contributed by atoms with E-state index in [0.29, 0.717) is 11.3 Å². The highest BCUT2D eigenvalue weighted by Crippen LogP contribution is 2.22. The van der Waals surface area contributed by atoms with Crippen LogP contribution in [0.2, 0.25) is 5.15 Å². The normalized spacial score (nSPS) is 10.8. The standard InChI is InChI=1S/C16H18ClFN2/c1-2-3-4-5-6-12-9-10-19-14(11-12)13-7-8-15(17)20-16(13)18/h7-11H,2-6H2,1H3. The number of aromatic nitrogens is 2. The van der Waals surface area contributed by atoms with Crippen LogP contribution in [-0.4, -0.2) is 9.97 Å². The molecule has 2 heterocycles. The molecule has 4 heteroatoms. The third-order valence-electron chi connectivity index (χ3n) is 3.23. The maximum Gasteiger partial charge on any atom is 0.223 e. The fourth-order valence-corrected chi connectivity index (χ4v) is 2.27. The first kappa shape index (κ1) is 14.9. The van der Waals surface area contributed by atoms with Gasteiger partial charge in [0.1, 0.15) is 5.15 Å². The Bertz CT molecular complexity index is 572. The largest absolute Gasteiger partial charge is 0.256 e. The monoisotopic (exact) mass is 292 g/mol. The van der Waals surface area contributed by atoms with Gasteiger partial charge in [0.2, 0.25) is 5.95 Å². The molecule has 2 rings (SSSR count). The van der Waals surface area contributed by atoms with Crippen LogP contribution in [0.5, 0.6) is 0 Å². The van der Waals surface area contributed by atoms with Crippen LogP contribution in [0.25, 0.3) is 11.3 Å². The molecule has 0 saturated carbocycles. The lowest BCUT2D eigenvalue weighted by Gasteiger charge is -2.05. The van der Waals surface area contributed by atoms with E-state index < -0.39 is 5.95 Å². The van der Waals surface area contributed by atoms with Gasteiger partial charge in [-0.1, -0.05) is 37.8 Å². The summed E-state index contributed by atoms with van der Waals surface area (Å²) < 4.78 is 13.8. The predicted molar refractivity (Wildman–Crippen MR) is 80.3 cm³/mol. The van der Waals surface area contributed by atoms with Gasteiger partial charge in [0, 0.05) is 6.20 Å². The molecule has 0 spiro atoms. The van der Waals surface area contributed by atoms with Crippen LogP contribution in [0.3, 0.4) is 0 Å². The first-order chi connectivity index (χ1) is 9.70. The third-order valence-corrected chi connectivity index (χ3v) is 3.44. The average molecular weight is 293 g/mol. The number of aryl methyl sites for hydroxylation is 1. The number of rotatable bonds is 6. The molecule has 0 atom stereocenters. The molecule has 0 aliphatic carbocycles. The lowest BCUT2D eigenvalue weighted by molar-refractivity contribution is 0.587. The topological polar surface area (TPSA) is 25.8 Å². The Morgan fingerprint density at radius 2 is 2.00 bits per heavy atom. The molecule has 0 unspecified atom stereocenters. The number of nitrogens with zero attached hydrogens (tertiary/aromatic N) is 2. The van der Waals surface area contributed by atoms with Gasteiger partial charge in [0.05, 0.1) is 11.3 Å². The zero-order valence-electron chi connectivity index (χ0n) is 11.6. The minimum absolute atomic E-state index is 0.155. The van der Waals surface area contributed by atoms with Crippen molar-refractivity contribution in [1.82, 2.24) is 9.97 Å². The third kappa shape index (κ3) is 4.01. The number of hydrogen-bond acceptors (Lipinski definition) is 2. The molecule has 0 bridgehead atoms. The van der Waals surface area contributed by atoms with Crippen molar-refractivity contribution in [2.24, 2.45) is 0 Å². The fourth-order valence-electron chi connectivity index (χ4n) is 2.14. The molecule has 0 N–H and O–H groups in total. The number of halogens is 2. The van der Waals surface area contributed by atoms with E-state index in [2.05, 4.69) is 16.9 Å². The number of pyridine rings is 2. The van der Waals surface area contributed by atoms with Crippen molar-refractivity contribution in [3.05, 3.63) is 47.1 Å². The van der Waals surface area contributed by atoms with E-state index in [0.717, 1.165) is 12.8 Å². The van der Waals surface area contributed by atoms with Crippen molar-refractivity contribution >= 4 is 11.6 Å². The molecule has 0 saturated heterocycles. The van der Waals surface area contributed by atoms with E-state index in [1.807, 2.05) is 12.1 Å². The van der Waals surface area contributed by atoms with Gasteiger partial charge in [-0.3, -0.25) is 4.98 Å². The summed E-state index contributed by atoms with van der Waals surface area (Å²) in [6.07, 6.45) is 7.58. The maximum atomic E-state index is 13.8. The van der Waals surface area contributed by atoms with Crippen LogP contribution in [0.1, 0.15) is 38.2 Å². The SMILES string of the molecule is CCCCCCc1ccnc(-c2ccc(Cl)nc2F)c1. The van der Waals surface area contributed by atoms with E-state index in [4.69, 9.17) is 11.6 Å². The second kappa shape index (κ2) is 7.34. The van der Waals surface area contributed by atoms with Crippen LogP contribution in [0.15, 0.2) is 30.5 Å². The Kier molecular flexibility index (Phi) is 5.48. The minimum Gasteiger partial charge on any atom is -0.256 e. The summed E-state index contributed by atoms with van der Waals surface area (Å²) in [7, 11) is 0. The Morgan fingerprint density at radius 1 is 1.15 bits per heavy atom. The fraction of sp³-hybridized carbons (Fsp3) is 0.375. The molecule has 0 amide bonds. The Labute approximate surface area is 124 Å². The van der Waals surface area contributed by atoms with Crippen molar-refractivity contribution < 1.29 is 4.39 Å². The summed E-state index contributed by atoms with van der Waals surface area (Å²) in [5, 5.41) is 0.155. The number of unbranched alkanes of at least 4 members (excludes halogenated alkanes) is 3. The van der Waals surface area contributed by atoms with Gasteiger partial charge in [-0.2, -0.15) is 4.39 Å². The lowest BCUT2D eigenvalue weighted by atomic mass is 10.0. The number of hydrogen-bond donors (Lipinski definition) is 0. The molecular formula is C16H18ClFN2. The van der Waals surface area contributed by atoms with Crippen molar-refractivity contribution in [3.63, 3.8) is 0 Å². The molecule has 106 valence electrons. The van der Waals surface area contributed by atoms with Gasteiger partial charge in [-0.25, -0.2) is 4.98 Å². The summed E-state index contributed by atoms with van der Waals surface area (Å²) in [5.41, 5.74) is 2.19. The summed E-state index contributed by atoms with van der Waals surface area (Å²) in [4.78, 5) is 7.85. The van der Waals surface area contributed by atoms with Crippen molar-refractivity contribution in [2.45, 2.75) is 39.0 Å². The minimum atomic E-state index is -0.576. The molecule has 0 aromatic carbocycles. The highest BCUT2D eigenvalue weighted by atomic mass is 35.5. The van der Waals surface area contributed by atoms with Crippen molar-refractivity contribution in [2.75, 3.05) is 0 Å². The Balaban J connectivity index is 2.12. The van der Waals surface area contributed by atoms with E-state index in [9.17, 15) is 4.39 Å². The molecule has 0 aliphatic rings. The van der Waals surface area contributed by atoms with Crippen LogP contribution in [0, 0.1) is 5.95 Å². The predicted octanol–water partition coefficient (Wildman–Crippen LogP) is 5.06. The second-order valence-electron chi connectivity index (χ2n) is 4.83. The Morgan fingerprint density at radius 3 is 2.75 bits per heavy atom. The van der Waals surface area contributed by atoms with Gasteiger partial charge >= 0.3 is 0 Å². The van der Waals surface area contributed by atoms with Crippen molar-refractivity contribution in [3.8, 4) is 11.3 Å². The zero-order valence-corrected chi connectivity index (χ0v) is 12.3. The molecule has 20 heavy (non-hydrogen) atoms. The van der Waals surface area contributed by atoms with Gasteiger partial charge < -0.3 is 0 Å². The molecule has 0 aliphatic heterocycles. The molecular weight excluding hydrogens is 275 g/mol. The lowest BCUT2D eigenvalue weighted by Crippen LogP contribution is -1.94. The van der Waals surface area contributed by atoms with Gasteiger partial charge in [0.15, 0.2) is 0 Å². The quantitative estimate of drug-likeness (QED) is 0.549. The maximum absolute atomic E-state index is 13.8. The van der Waals surface area contributed by atoms with Crippen LogP contribution < -0.4 is 0 Å². The van der Waals surface area contributed by atoms with Crippen molar-refractivity contribution in [1.29, 1.82) is 0 Å². The van der Waals surface area contributed by atoms with Gasteiger partial charge in [-0.05, 0) is 42.7 Å². The molecule has 2 aromatic rings. The van der Waals surface area contributed by atoms with Crippen LogP contribution in [0.4, 0.5) is 4.39 Å². The molecule has 2 aromatic heterocycles. The highest BCUT2D eigenvalue weighted by molar-refractivity contribution is 6.29. The average Bonchev–Trinajstić information content (AvgIpc) is 2.44. The van der Waals surface area contributed by atoms with E-state index in [1.54, 1.807) is 18.3 Å². The zero-order chi connectivity index (χ0) is 14.4. The van der Waals surface area contributed by atoms with E-state index >= 15 is 0 Å². The van der Waals surface area contributed by atoms with Crippen LogP contribution in [-0.2, 0) is 6.42 Å². The first-order valence-electron chi connectivity index (χ1n) is 6.98. The molecule has 0 radical (unpaired) electrons. The van der Waals surface area contributed by atoms with E-state index in [-0.39, 0.29) is 5.15 Å². The highest BCUT2D eigenvalue weighted by Gasteiger charge is 2.09. The van der Waals surface area contributed by atoms with Gasteiger partial charge in [0.25, 0.3) is 0 Å². The molecule has 0 fully saturated rings. The first-order valence-corrected chi connectivity index (χ1v) is 7.36. The molecule has 2 nitrogen and oxygen atoms in total. The summed E-state index contributed by atoms with van der Waals surface area (Å²) in [6.45, 7) is 2.20. The summed E-state index contributed by atoms with van der Waals surface area (Å²) >= 11 is 5.66. The van der Waals surface area contributed by atoms with E-state index in [1.165, 1.54) is 24.8 Å². The summed E-state index contributed by atoms with van der Waals surface area (Å²) in [6, 6.07) is 7.11. The Hall–Kier alpha value is -1.48. The smallest absolute Gasteiger partial charge is 0.223 e. The second-order valence-corrected chi connectivity index (χ2v) is 5.22.